The number of hydrogen-bond donors (Lipinski definition) is 1. The molecule has 2 nitrogen and oxygen atoms in total. The minimum Gasteiger partial charge on any atom is -0.367 e. The van der Waals surface area contributed by atoms with Gasteiger partial charge in [0.1, 0.15) is 0 Å². The van der Waals surface area contributed by atoms with Crippen LogP contribution in [0.4, 0.5) is 5.69 Å². The molecule has 86 valence electrons. The summed E-state index contributed by atoms with van der Waals surface area (Å²) in [4.78, 5) is 2.60. The predicted octanol–water partition coefficient (Wildman–Crippen LogP) is 2.39. The number of fused-ring (bicyclic) bond motifs is 1. The summed E-state index contributed by atoms with van der Waals surface area (Å²) < 4.78 is 0. The Bertz CT molecular complexity index is 371. The molecule has 0 radical (unpaired) electrons. The lowest BCUT2D eigenvalue weighted by molar-refractivity contribution is 0.565. The maximum Gasteiger partial charge on any atom is 0.0414 e. The second-order valence-electron chi connectivity index (χ2n) is 5.08. The fraction of sp³-hybridized carbons (Fsp3) is 0.571. The number of benzene rings is 1. The molecule has 0 saturated heterocycles. The molecule has 1 aliphatic carbocycles. The highest BCUT2D eigenvalue weighted by Gasteiger charge is 2.33. The van der Waals surface area contributed by atoms with E-state index < -0.39 is 0 Å². The van der Waals surface area contributed by atoms with Crippen molar-refractivity contribution in [1.82, 2.24) is 5.32 Å². The van der Waals surface area contributed by atoms with Crippen molar-refractivity contribution in [2.75, 3.05) is 18.0 Å². The normalized spacial score (nSPS) is 22.4. The van der Waals surface area contributed by atoms with Crippen LogP contribution in [0.25, 0.3) is 0 Å². The fourth-order valence-electron chi connectivity index (χ4n) is 2.74. The fourth-order valence-corrected chi connectivity index (χ4v) is 2.74. The lowest BCUT2D eigenvalue weighted by Gasteiger charge is -2.31. The number of rotatable bonds is 2. The Balaban J connectivity index is 1.92. The van der Waals surface area contributed by atoms with E-state index in [9.17, 15) is 0 Å². The van der Waals surface area contributed by atoms with E-state index in [2.05, 4.69) is 41.4 Å². The molecule has 1 unspecified atom stereocenters. The summed E-state index contributed by atoms with van der Waals surface area (Å²) in [6.45, 7) is 5.66. The minimum atomic E-state index is 0.709. The molecule has 2 aliphatic rings. The average Bonchev–Trinajstić information content (AvgIpc) is 3.15. The van der Waals surface area contributed by atoms with Crippen molar-refractivity contribution in [2.24, 2.45) is 5.92 Å². The molecule has 1 N–H and O–H groups in total. The standard InChI is InChI=1S/C14H20N2/c1-11(12-6-7-12)16-9-8-15-10-13-4-2-3-5-14(13)16/h2-5,11-12,15H,6-10H2,1H3. The van der Waals surface area contributed by atoms with Gasteiger partial charge in [0.15, 0.2) is 0 Å². The van der Waals surface area contributed by atoms with E-state index in [4.69, 9.17) is 0 Å². The zero-order chi connectivity index (χ0) is 11.0. The van der Waals surface area contributed by atoms with Gasteiger partial charge in [0.25, 0.3) is 0 Å². The van der Waals surface area contributed by atoms with Crippen LogP contribution < -0.4 is 10.2 Å². The summed E-state index contributed by atoms with van der Waals surface area (Å²) in [6, 6.07) is 9.55. The quantitative estimate of drug-likeness (QED) is 0.816. The number of hydrogen-bond acceptors (Lipinski definition) is 2. The molecular weight excluding hydrogens is 196 g/mol. The van der Waals surface area contributed by atoms with Crippen LogP contribution >= 0.6 is 0 Å². The third kappa shape index (κ3) is 1.82. The Kier molecular flexibility index (Phi) is 2.60. The zero-order valence-corrected chi connectivity index (χ0v) is 9.95. The number of nitrogens with zero attached hydrogens (tertiary/aromatic N) is 1. The van der Waals surface area contributed by atoms with Crippen molar-refractivity contribution >= 4 is 5.69 Å². The van der Waals surface area contributed by atoms with Gasteiger partial charge in [-0.25, -0.2) is 0 Å². The Morgan fingerprint density at radius 3 is 2.94 bits per heavy atom. The van der Waals surface area contributed by atoms with Crippen molar-refractivity contribution in [3.8, 4) is 0 Å². The summed E-state index contributed by atoms with van der Waals surface area (Å²) in [5, 5.41) is 3.51. The lowest BCUT2D eigenvalue weighted by Crippen LogP contribution is -2.37. The van der Waals surface area contributed by atoms with Gasteiger partial charge in [-0.1, -0.05) is 18.2 Å². The summed E-state index contributed by atoms with van der Waals surface area (Å²) in [6.07, 6.45) is 2.85. The van der Waals surface area contributed by atoms with Gasteiger partial charge in [-0.05, 0) is 37.3 Å². The van der Waals surface area contributed by atoms with Crippen LogP contribution in [0.1, 0.15) is 25.3 Å². The monoisotopic (exact) mass is 216 g/mol. The van der Waals surface area contributed by atoms with Crippen LogP contribution in [0.3, 0.4) is 0 Å². The van der Waals surface area contributed by atoms with Crippen molar-refractivity contribution in [3.05, 3.63) is 29.8 Å². The number of nitrogens with one attached hydrogen (secondary N) is 1. The van der Waals surface area contributed by atoms with Crippen molar-refractivity contribution in [2.45, 2.75) is 32.4 Å². The largest absolute Gasteiger partial charge is 0.367 e. The van der Waals surface area contributed by atoms with E-state index >= 15 is 0 Å². The summed E-state index contributed by atoms with van der Waals surface area (Å²) in [7, 11) is 0. The molecule has 0 bridgehead atoms. The van der Waals surface area contributed by atoms with Crippen LogP contribution in [-0.2, 0) is 6.54 Å². The molecule has 0 spiro atoms. The molecule has 3 rings (SSSR count). The Labute approximate surface area is 97.6 Å². The highest BCUT2D eigenvalue weighted by atomic mass is 15.2. The number of anilines is 1. The molecule has 1 aliphatic heterocycles. The first-order chi connectivity index (χ1) is 7.86. The highest BCUT2D eigenvalue weighted by molar-refractivity contribution is 5.55. The average molecular weight is 216 g/mol. The second kappa shape index (κ2) is 4.10. The van der Waals surface area contributed by atoms with Crippen LogP contribution in [0.15, 0.2) is 24.3 Å². The van der Waals surface area contributed by atoms with Gasteiger partial charge in [-0.2, -0.15) is 0 Å². The maximum atomic E-state index is 3.51. The van der Waals surface area contributed by atoms with Crippen LogP contribution in [0, 0.1) is 5.92 Å². The van der Waals surface area contributed by atoms with E-state index in [-0.39, 0.29) is 0 Å². The molecule has 16 heavy (non-hydrogen) atoms. The van der Waals surface area contributed by atoms with Gasteiger partial charge in [-0.15, -0.1) is 0 Å². The summed E-state index contributed by atoms with van der Waals surface area (Å²) >= 11 is 0. The molecule has 1 aromatic rings. The van der Waals surface area contributed by atoms with Gasteiger partial charge in [-0.3, -0.25) is 0 Å². The van der Waals surface area contributed by atoms with Gasteiger partial charge in [0.05, 0.1) is 0 Å². The molecule has 1 fully saturated rings. The van der Waals surface area contributed by atoms with E-state index in [0.29, 0.717) is 6.04 Å². The van der Waals surface area contributed by atoms with E-state index in [1.165, 1.54) is 24.1 Å². The van der Waals surface area contributed by atoms with Crippen molar-refractivity contribution in [3.63, 3.8) is 0 Å². The molecule has 1 heterocycles. The van der Waals surface area contributed by atoms with Crippen molar-refractivity contribution < 1.29 is 0 Å². The summed E-state index contributed by atoms with van der Waals surface area (Å²) in [5.74, 6) is 0.936. The third-order valence-electron chi connectivity index (χ3n) is 3.94. The molecule has 1 aromatic carbocycles. The SMILES string of the molecule is CC(C1CC1)N1CCNCc2ccccc21. The molecule has 0 aromatic heterocycles. The van der Waals surface area contributed by atoms with Crippen molar-refractivity contribution in [1.29, 1.82) is 0 Å². The topological polar surface area (TPSA) is 15.3 Å². The van der Waals surface area contributed by atoms with E-state index in [1.54, 1.807) is 0 Å². The van der Waals surface area contributed by atoms with Gasteiger partial charge < -0.3 is 10.2 Å². The first kappa shape index (κ1) is 10.2. The number of para-hydroxylation sites is 1. The third-order valence-corrected chi connectivity index (χ3v) is 3.94. The second-order valence-corrected chi connectivity index (χ2v) is 5.08. The molecule has 1 atom stereocenters. The van der Waals surface area contributed by atoms with Gasteiger partial charge in [0, 0.05) is 31.4 Å². The smallest absolute Gasteiger partial charge is 0.0414 e. The van der Waals surface area contributed by atoms with Crippen LogP contribution in [0.2, 0.25) is 0 Å². The zero-order valence-electron chi connectivity index (χ0n) is 9.95. The van der Waals surface area contributed by atoms with Crippen LogP contribution in [0.5, 0.6) is 0 Å². The van der Waals surface area contributed by atoms with Gasteiger partial charge >= 0.3 is 0 Å². The van der Waals surface area contributed by atoms with E-state index in [1.807, 2.05) is 0 Å². The van der Waals surface area contributed by atoms with Crippen LogP contribution in [-0.4, -0.2) is 19.1 Å². The lowest BCUT2D eigenvalue weighted by atomic mass is 10.1. The Hall–Kier alpha value is -1.02. The molecule has 2 heteroatoms. The predicted molar refractivity (Wildman–Crippen MR) is 67.7 cm³/mol. The summed E-state index contributed by atoms with van der Waals surface area (Å²) in [5.41, 5.74) is 2.90. The Morgan fingerprint density at radius 2 is 2.12 bits per heavy atom. The maximum absolute atomic E-state index is 3.51. The molecule has 0 amide bonds. The highest BCUT2D eigenvalue weighted by Crippen LogP contribution is 2.37. The minimum absolute atomic E-state index is 0.709. The molecular formula is C14H20N2. The molecule has 1 saturated carbocycles. The van der Waals surface area contributed by atoms with Gasteiger partial charge in [0.2, 0.25) is 0 Å². The Morgan fingerprint density at radius 1 is 1.31 bits per heavy atom. The first-order valence-corrected chi connectivity index (χ1v) is 6.41. The van der Waals surface area contributed by atoms with E-state index in [0.717, 1.165) is 25.6 Å². The first-order valence-electron chi connectivity index (χ1n) is 6.41.